The number of phenolic OH excluding ortho intramolecular Hbond substituents is 1. The van der Waals surface area contributed by atoms with Crippen molar-refractivity contribution in [3.63, 3.8) is 0 Å². The molecule has 0 saturated heterocycles. The standard InChI is InChI=1S/C26H24N2O4/c1-31-25-10-3-2-7-19(25)13-16-32-22-9-6-8-20(17-22)27-26(30)23-18-21(11-12-24(23)29)28-14-4-5-15-28/h2-12,14-15,17-18,29H,13,16H2,1H3,(H,27,30). The van der Waals surface area contributed by atoms with Crippen LogP contribution in [0.2, 0.25) is 0 Å². The summed E-state index contributed by atoms with van der Waals surface area (Å²) in [6.07, 6.45) is 4.44. The topological polar surface area (TPSA) is 72.7 Å². The van der Waals surface area contributed by atoms with Crippen LogP contribution >= 0.6 is 0 Å². The number of ether oxygens (including phenoxy) is 2. The predicted octanol–water partition coefficient (Wildman–Crippen LogP) is 5.07. The number of aromatic hydroxyl groups is 1. The van der Waals surface area contributed by atoms with Crippen molar-refractivity contribution in [1.29, 1.82) is 0 Å². The quantitative estimate of drug-likeness (QED) is 0.411. The second-order valence-electron chi connectivity index (χ2n) is 7.18. The van der Waals surface area contributed by atoms with Crippen LogP contribution in [0.4, 0.5) is 5.69 Å². The third kappa shape index (κ3) is 4.92. The Bertz CT molecular complexity index is 1200. The number of hydrogen-bond acceptors (Lipinski definition) is 4. The van der Waals surface area contributed by atoms with Gasteiger partial charge >= 0.3 is 0 Å². The zero-order valence-corrected chi connectivity index (χ0v) is 17.7. The van der Waals surface area contributed by atoms with Crippen LogP contribution in [0.3, 0.4) is 0 Å². The fraction of sp³-hybridized carbons (Fsp3) is 0.115. The number of nitrogens with one attached hydrogen (secondary N) is 1. The molecule has 1 heterocycles. The third-order valence-electron chi connectivity index (χ3n) is 5.05. The lowest BCUT2D eigenvalue weighted by Gasteiger charge is -2.12. The fourth-order valence-electron chi connectivity index (χ4n) is 3.42. The number of carbonyl (C=O) groups is 1. The van der Waals surface area contributed by atoms with E-state index >= 15 is 0 Å². The van der Waals surface area contributed by atoms with E-state index < -0.39 is 5.91 Å². The maximum absolute atomic E-state index is 12.8. The van der Waals surface area contributed by atoms with Crippen LogP contribution in [0.15, 0.2) is 91.3 Å². The molecule has 0 radical (unpaired) electrons. The molecule has 1 aromatic heterocycles. The molecule has 4 aromatic rings. The Morgan fingerprint density at radius 3 is 2.59 bits per heavy atom. The SMILES string of the molecule is COc1ccccc1CCOc1cccc(NC(=O)c2cc(-n3cccc3)ccc2O)c1. The first-order chi connectivity index (χ1) is 15.6. The Kier molecular flexibility index (Phi) is 6.41. The lowest BCUT2D eigenvalue weighted by Crippen LogP contribution is -2.13. The Balaban J connectivity index is 1.42. The molecule has 0 aliphatic carbocycles. The molecule has 0 unspecified atom stereocenters. The number of hydrogen-bond donors (Lipinski definition) is 2. The van der Waals surface area contributed by atoms with E-state index in [0.717, 1.165) is 17.0 Å². The summed E-state index contributed by atoms with van der Waals surface area (Å²) in [4.78, 5) is 12.8. The maximum Gasteiger partial charge on any atom is 0.259 e. The van der Waals surface area contributed by atoms with Gasteiger partial charge in [-0.05, 0) is 54.1 Å². The lowest BCUT2D eigenvalue weighted by atomic mass is 10.1. The van der Waals surface area contributed by atoms with Crippen LogP contribution in [0.25, 0.3) is 5.69 Å². The summed E-state index contributed by atoms with van der Waals surface area (Å²) < 4.78 is 13.1. The summed E-state index contributed by atoms with van der Waals surface area (Å²) in [5.74, 6) is 0.993. The highest BCUT2D eigenvalue weighted by molar-refractivity contribution is 6.06. The molecule has 3 aromatic carbocycles. The van der Waals surface area contributed by atoms with E-state index in [-0.39, 0.29) is 11.3 Å². The smallest absolute Gasteiger partial charge is 0.259 e. The van der Waals surface area contributed by atoms with Gasteiger partial charge in [-0.25, -0.2) is 0 Å². The van der Waals surface area contributed by atoms with Crippen molar-refractivity contribution >= 4 is 11.6 Å². The summed E-state index contributed by atoms with van der Waals surface area (Å²) in [5, 5.41) is 13.0. The average molecular weight is 428 g/mol. The van der Waals surface area contributed by atoms with Gasteiger partial charge in [0.15, 0.2) is 0 Å². The molecule has 6 heteroatoms. The van der Waals surface area contributed by atoms with Gasteiger partial charge in [0, 0.05) is 36.3 Å². The third-order valence-corrected chi connectivity index (χ3v) is 5.05. The van der Waals surface area contributed by atoms with Crippen LogP contribution in [-0.2, 0) is 6.42 Å². The number of carbonyl (C=O) groups excluding carboxylic acids is 1. The number of phenols is 1. The molecule has 0 aliphatic rings. The lowest BCUT2D eigenvalue weighted by molar-refractivity contribution is 0.102. The normalized spacial score (nSPS) is 10.5. The minimum absolute atomic E-state index is 0.0809. The Morgan fingerprint density at radius 1 is 0.969 bits per heavy atom. The van der Waals surface area contributed by atoms with Crippen LogP contribution in [0, 0.1) is 0 Å². The highest BCUT2D eigenvalue weighted by atomic mass is 16.5. The van der Waals surface area contributed by atoms with E-state index in [0.29, 0.717) is 24.5 Å². The summed E-state index contributed by atoms with van der Waals surface area (Å²) in [6, 6.07) is 23.7. The van der Waals surface area contributed by atoms with Crippen LogP contribution in [-0.4, -0.2) is 29.3 Å². The van der Waals surface area contributed by atoms with Crippen molar-refractivity contribution in [2.75, 3.05) is 19.0 Å². The summed E-state index contributed by atoms with van der Waals surface area (Å²) in [5.41, 5.74) is 2.62. The van der Waals surface area contributed by atoms with Crippen molar-refractivity contribution in [3.05, 3.63) is 102 Å². The number of para-hydroxylation sites is 1. The second kappa shape index (κ2) is 9.75. The highest BCUT2D eigenvalue weighted by Gasteiger charge is 2.13. The van der Waals surface area contributed by atoms with Gasteiger partial charge in [-0.2, -0.15) is 0 Å². The Morgan fingerprint density at radius 2 is 1.78 bits per heavy atom. The number of methoxy groups -OCH3 is 1. The first-order valence-corrected chi connectivity index (χ1v) is 10.3. The molecule has 0 aliphatic heterocycles. The Labute approximate surface area is 186 Å². The number of amides is 1. The number of nitrogens with zero attached hydrogens (tertiary/aromatic N) is 1. The number of benzene rings is 3. The molecule has 6 nitrogen and oxygen atoms in total. The molecule has 2 N–H and O–H groups in total. The molecular formula is C26H24N2O4. The highest BCUT2D eigenvalue weighted by Crippen LogP contribution is 2.24. The van der Waals surface area contributed by atoms with E-state index in [1.165, 1.54) is 6.07 Å². The summed E-state index contributed by atoms with van der Waals surface area (Å²) in [7, 11) is 1.65. The van der Waals surface area contributed by atoms with Gasteiger partial charge in [0.2, 0.25) is 0 Å². The monoisotopic (exact) mass is 428 g/mol. The van der Waals surface area contributed by atoms with Gasteiger partial charge in [-0.3, -0.25) is 4.79 Å². The van der Waals surface area contributed by atoms with E-state index in [1.807, 2.05) is 65.5 Å². The maximum atomic E-state index is 12.8. The van der Waals surface area contributed by atoms with E-state index in [2.05, 4.69) is 5.32 Å². The first-order valence-electron chi connectivity index (χ1n) is 10.3. The van der Waals surface area contributed by atoms with Gasteiger partial charge in [-0.15, -0.1) is 0 Å². The second-order valence-corrected chi connectivity index (χ2v) is 7.18. The first kappa shape index (κ1) is 21.1. The van der Waals surface area contributed by atoms with E-state index in [1.54, 1.807) is 31.4 Å². The minimum Gasteiger partial charge on any atom is -0.507 e. The molecule has 0 atom stereocenters. The van der Waals surface area contributed by atoms with E-state index in [9.17, 15) is 9.90 Å². The van der Waals surface area contributed by atoms with Gasteiger partial charge < -0.3 is 24.5 Å². The summed E-state index contributed by atoms with van der Waals surface area (Å²) in [6.45, 7) is 0.470. The van der Waals surface area contributed by atoms with Gasteiger partial charge in [0.25, 0.3) is 5.91 Å². The number of rotatable bonds is 8. The predicted molar refractivity (Wildman–Crippen MR) is 124 cm³/mol. The molecule has 32 heavy (non-hydrogen) atoms. The molecule has 0 fully saturated rings. The zero-order valence-electron chi connectivity index (χ0n) is 17.7. The molecule has 162 valence electrons. The molecule has 1 amide bonds. The average Bonchev–Trinajstić information content (AvgIpc) is 3.35. The van der Waals surface area contributed by atoms with Crippen molar-refractivity contribution < 1.29 is 19.4 Å². The van der Waals surface area contributed by atoms with Gasteiger partial charge in [0.1, 0.15) is 17.2 Å². The van der Waals surface area contributed by atoms with Crippen molar-refractivity contribution in [1.82, 2.24) is 4.57 Å². The molecular weight excluding hydrogens is 404 g/mol. The van der Waals surface area contributed by atoms with Crippen molar-refractivity contribution in [2.45, 2.75) is 6.42 Å². The number of aromatic nitrogens is 1. The van der Waals surface area contributed by atoms with Crippen molar-refractivity contribution in [3.8, 4) is 22.9 Å². The number of anilines is 1. The van der Waals surface area contributed by atoms with Crippen LogP contribution in [0.5, 0.6) is 17.2 Å². The molecule has 4 rings (SSSR count). The largest absolute Gasteiger partial charge is 0.507 e. The summed E-state index contributed by atoms with van der Waals surface area (Å²) >= 11 is 0. The minimum atomic E-state index is -0.400. The molecule has 0 saturated carbocycles. The van der Waals surface area contributed by atoms with Gasteiger partial charge in [-0.1, -0.05) is 24.3 Å². The molecule has 0 bridgehead atoms. The van der Waals surface area contributed by atoms with Gasteiger partial charge in [0.05, 0.1) is 19.3 Å². The van der Waals surface area contributed by atoms with Crippen molar-refractivity contribution in [2.24, 2.45) is 0 Å². The van der Waals surface area contributed by atoms with Crippen LogP contribution < -0.4 is 14.8 Å². The Hall–Kier alpha value is -4.19. The van der Waals surface area contributed by atoms with E-state index in [4.69, 9.17) is 9.47 Å². The fourth-order valence-corrected chi connectivity index (χ4v) is 3.42. The van der Waals surface area contributed by atoms with Crippen LogP contribution in [0.1, 0.15) is 15.9 Å². The zero-order chi connectivity index (χ0) is 22.3. The molecule has 0 spiro atoms.